The minimum absolute atomic E-state index is 0.0835. The van der Waals surface area contributed by atoms with Crippen molar-refractivity contribution in [1.82, 2.24) is 0 Å². The lowest BCUT2D eigenvalue weighted by atomic mass is 10.0. The Morgan fingerprint density at radius 3 is 0.890 bits per heavy atom. The molecule has 0 aliphatic carbocycles. The van der Waals surface area contributed by atoms with Crippen molar-refractivity contribution in [2.75, 3.05) is 39.6 Å². The maximum Gasteiger partial charge on any atom is 0.472 e. The van der Waals surface area contributed by atoms with E-state index < -0.39 is 97.5 Å². The molecular weight excluding hydrogens is 1200 g/mol. The molecule has 0 heterocycles. The quantitative estimate of drug-likeness (QED) is 0.0169. The lowest BCUT2D eigenvalue weighted by Gasteiger charge is -2.21. The first-order valence-electron chi connectivity index (χ1n) is 36.7. The Labute approximate surface area is 554 Å². The highest BCUT2D eigenvalue weighted by molar-refractivity contribution is 7.47. The zero-order valence-electron chi connectivity index (χ0n) is 58.8. The van der Waals surface area contributed by atoms with Gasteiger partial charge in [-0.2, -0.15) is 0 Å². The number of phosphoric ester groups is 2. The van der Waals surface area contributed by atoms with Crippen molar-refractivity contribution in [2.45, 2.75) is 356 Å². The number of carbonyl (C=O) groups excluding carboxylic acids is 4. The largest absolute Gasteiger partial charge is 0.472 e. The Kier molecular flexibility index (Phi) is 60.7. The van der Waals surface area contributed by atoms with Crippen LogP contribution in [0.3, 0.4) is 0 Å². The van der Waals surface area contributed by atoms with Gasteiger partial charge in [0.25, 0.3) is 0 Å². The fourth-order valence-electron chi connectivity index (χ4n) is 10.4. The Hall–Kier alpha value is -2.46. The van der Waals surface area contributed by atoms with E-state index >= 15 is 0 Å². The van der Waals surface area contributed by atoms with Crippen LogP contribution in [0.1, 0.15) is 337 Å². The predicted molar refractivity (Wildman–Crippen MR) is 367 cm³/mol. The summed E-state index contributed by atoms with van der Waals surface area (Å²) >= 11 is 0. The van der Waals surface area contributed by atoms with Gasteiger partial charge < -0.3 is 33.8 Å². The summed E-state index contributed by atoms with van der Waals surface area (Å²) in [4.78, 5) is 72.6. The second kappa shape index (κ2) is 62.4. The Balaban J connectivity index is 5.28. The number of aliphatic hydroxyl groups excluding tert-OH is 1. The maximum atomic E-state index is 13.0. The van der Waals surface area contributed by atoms with E-state index in [0.717, 1.165) is 121 Å². The third kappa shape index (κ3) is 66.0. The van der Waals surface area contributed by atoms with Crippen LogP contribution in [0.2, 0.25) is 0 Å². The van der Waals surface area contributed by atoms with Gasteiger partial charge in [0, 0.05) is 25.7 Å². The molecule has 0 aliphatic rings. The summed E-state index contributed by atoms with van der Waals surface area (Å²) in [5, 5.41) is 10.6. The lowest BCUT2D eigenvalue weighted by Crippen LogP contribution is -2.30. The van der Waals surface area contributed by atoms with Crippen LogP contribution in [0.4, 0.5) is 0 Å². The Bertz CT molecular complexity index is 1880. The van der Waals surface area contributed by atoms with Crippen molar-refractivity contribution in [1.29, 1.82) is 0 Å². The van der Waals surface area contributed by atoms with Gasteiger partial charge in [0.05, 0.1) is 26.4 Å². The molecule has 0 aromatic carbocycles. The second-order valence-electron chi connectivity index (χ2n) is 26.7. The van der Waals surface area contributed by atoms with E-state index in [1.807, 2.05) is 0 Å². The summed E-state index contributed by atoms with van der Waals surface area (Å²) in [6.07, 6.45) is 49.5. The molecule has 0 rings (SSSR count). The Morgan fingerprint density at radius 2 is 0.593 bits per heavy atom. The summed E-state index contributed by atoms with van der Waals surface area (Å²) in [5.41, 5.74) is 0. The third-order valence-electron chi connectivity index (χ3n) is 16.0. The predicted octanol–water partition coefficient (Wildman–Crippen LogP) is 20.2. The number of hydrogen-bond acceptors (Lipinski definition) is 15. The molecule has 0 saturated carbocycles. The van der Waals surface area contributed by atoms with Crippen LogP contribution >= 0.6 is 15.6 Å². The molecule has 0 aromatic rings. The number of rotatable bonds is 68. The van der Waals surface area contributed by atoms with Gasteiger partial charge in [-0.1, -0.05) is 285 Å². The number of allylic oxidation sites excluding steroid dienone is 4. The minimum Gasteiger partial charge on any atom is -0.462 e. The van der Waals surface area contributed by atoms with Crippen LogP contribution in [-0.2, 0) is 65.4 Å². The number of phosphoric acid groups is 2. The molecule has 3 N–H and O–H groups in total. The van der Waals surface area contributed by atoms with Crippen LogP contribution < -0.4 is 0 Å². The number of aliphatic hydroxyl groups is 1. The molecule has 0 radical (unpaired) electrons. The topological polar surface area (TPSA) is 237 Å². The van der Waals surface area contributed by atoms with Gasteiger partial charge in [0.1, 0.15) is 19.3 Å². The van der Waals surface area contributed by atoms with E-state index in [2.05, 4.69) is 72.8 Å². The van der Waals surface area contributed by atoms with Gasteiger partial charge in [-0.3, -0.25) is 37.3 Å². The van der Waals surface area contributed by atoms with Crippen molar-refractivity contribution >= 4 is 39.5 Å². The molecule has 0 bridgehead atoms. The highest BCUT2D eigenvalue weighted by atomic mass is 31.2. The second-order valence-corrected chi connectivity index (χ2v) is 29.6. The van der Waals surface area contributed by atoms with Gasteiger partial charge in [0.15, 0.2) is 12.2 Å². The van der Waals surface area contributed by atoms with E-state index in [1.165, 1.54) is 128 Å². The van der Waals surface area contributed by atoms with Crippen molar-refractivity contribution in [3.05, 3.63) is 24.3 Å². The maximum absolute atomic E-state index is 13.0. The van der Waals surface area contributed by atoms with Crippen molar-refractivity contribution in [3.8, 4) is 0 Å². The molecule has 0 fully saturated rings. The summed E-state index contributed by atoms with van der Waals surface area (Å²) in [6.45, 7) is 11.7. The summed E-state index contributed by atoms with van der Waals surface area (Å²) in [7, 11) is -9.92. The fourth-order valence-corrected chi connectivity index (χ4v) is 11.9. The molecule has 5 atom stereocenters. The van der Waals surface area contributed by atoms with E-state index in [1.54, 1.807) is 0 Å². The first kappa shape index (κ1) is 88.5. The molecular formula is C72H136O17P2. The average Bonchev–Trinajstić information content (AvgIpc) is 2.61. The third-order valence-corrected chi connectivity index (χ3v) is 17.9. The first-order valence-corrected chi connectivity index (χ1v) is 39.7. The molecule has 2 unspecified atom stereocenters. The zero-order chi connectivity index (χ0) is 67.3. The lowest BCUT2D eigenvalue weighted by molar-refractivity contribution is -0.161. The standard InChI is InChI=1S/C72H136O17P2/c1-8-9-10-11-12-13-14-15-16-17-21-26-32-41-48-55-72(77)89-68(60-83-70(75)54-47-40-35-34-38-45-52-65(6)7)62-87-91(80,81)85-58-66(73)57-84-90(78,79)86-61-67(59-82-69(74)53-46-39-31-28-23-25-30-37-44-51-64(4)5)88-71(76)56-49-42-33-27-22-19-18-20-24-29-36-43-50-63(2)3/h13-16,63-68,73H,8-12,17-62H2,1-7H3,(H,78,79)(H,80,81)/b14-13-,16-15-/t66-,67-,68-/m1/s1. The number of hydrogen-bond donors (Lipinski definition) is 3. The van der Waals surface area contributed by atoms with E-state index in [-0.39, 0.29) is 25.7 Å². The normalized spacial score (nSPS) is 14.3. The molecule has 0 aromatic heterocycles. The molecule has 19 heteroatoms. The zero-order valence-corrected chi connectivity index (χ0v) is 60.6. The van der Waals surface area contributed by atoms with Gasteiger partial charge in [-0.15, -0.1) is 0 Å². The monoisotopic (exact) mass is 1330 g/mol. The van der Waals surface area contributed by atoms with Crippen LogP contribution in [0.15, 0.2) is 24.3 Å². The van der Waals surface area contributed by atoms with Crippen molar-refractivity contribution in [3.63, 3.8) is 0 Å². The molecule has 536 valence electrons. The molecule has 0 spiro atoms. The number of unbranched alkanes of at least 4 members (excludes halogenated alkanes) is 33. The van der Waals surface area contributed by atoms with E-state index in [0.29, 0.717) is 31.6 Å². The highest BCUT2D eigenvalue weighted by Crippen LogP contribution is 2.45. The average molecular weight is 1340 g/mol. The van der Waals surface area contributed by atoms with Gasteiger partial charge >= 0.3 is 39.5 Å². The highest BCUT2D eigenvalue weighted by Gasteiger charge is 2.30. The number of ether oxygens (including phenoxy) is 4. The van der Waals surface area contributed by atoms with Gasteiger partial charge in [-0.25, -0.2) is 9.13 Å². The van der Waals surface area contributed by atoms with E-state index in [9.17, 15) is 43.2 Å². The van der Waals surface area contributed by atoms with Crippen LogP contribution in [0, 0.1) is 17.8 Å². The number of carbonyl (C=O) groups is 4. The summed E-state index contributed by atoms with van der Waals surface area (Å²) in [5.74, 6) is 0.0370. The molecule has 91 heavy (non-hydrogen) atoms. The van der Waals surface area contributed by atoms with Crippen LogP contribution in [-0.4, -0.2) is 96.7 Å². The molecule has 17 nitrogen and oxygen atoms in total. The smallest absolute Gasteiger partial charge is 0.462 e. The summed E-state index contributed by atoms with van der Waals surface area (Å²) in [6, 6.07) is 0. The molecule has 0 saturated heterocycles. The van der Waals surface area contributed by atoms with Crippen molar-refractivity contribution < 1.29 is 80.2 Å². The van der Waals surface area contributed by atoms with Crippen LogP contribution in [0.25, 0.3) is 0 Å². The van der Waals surface area contributed by atoms with E-state index in [4.69, 9.17) is 37.0 Å². The van der Waals surface area contributed by atoms with Gasteiger partial charge in [0.2, 0.25) is 0 Å². The minimum atomic E-state index is -4.96. The number of esters is 4. The van der Waals surface area contributed by atoms with Gasteiger partial charge in [-0.05, 0) is 69.1 Å². The SMILES string of the molecule is CCCCCC/C=C\C=C/CCCCCCCC(=O)O[C@H](COC(=O)CCCCCCCCC(C)C)COP(=O)(O)OC[C@H](O)COP(=O)(O)OC[C@@H](COC(=O)CCCCCCCCCCCC(C)C)OC(=O)CCCCCCCCCCCCCCC(C)C. The van der Waals surface area contributed by atoms with Crippen LogP contribution in [0.5, 0.6) is 0 Å². The first-order chi connectivity index (χ1) is 43.7. The fraction of sp³-hybridized carbons (Fsp3) is 0.889. The van der Waals surface area contributed by atoms with Crippen molar-refractivity contribution in [2.24, 2.45) is 17.8 Å². The summed E-state index contributed by atoms with van der Waals surface area (Å²) < 4.78 is 68.3. The molecule has 0 aliphatic heterocycles. The Morgan fingerprint density at radius 1 is 0.341 bits per heavy atom. The molecule has 0 amide bonds.